The maximum Gasteiger partial charge on any atom is 0.254 e. The van der Waals surface area contributed by atoms with Crippen LogP contribution in [0.25, 0.3) is 0 Å². The van der Waals surface area contributed by atoms with Gasteiger partial charge in [0, 0.05) is 11.8 Å². The van der Waals surface area contributed by atoms with Crippen molar-refractivity contribution in [3.8, 4) is 0 Å². The fourth-order valence-electron chi connectivity index (χ4n) is 2.16. The predicted octanol–water partition coefficient (Wildman–Crippen LogP) is 2.83. The average molecular weight is 146 g/mol. The first kappa shape index (κ1) is 6.56. The summed E-state index contributed by atoms with van der Waals surface area (Å²) in [7, 11) is 0. The standard InChI is InChI=1S/C8H12F2/c1-2-6-3-7(4-6)5-8(7,9)10/h6H,2-5H2,1H3. The summed E-state index contributed by atoms with van der Waals surface area (Å²) in [5, 5.41) is 0. The molecule has 0 N–H and O–H groups in total. The molecule has 0 aliphatic heterocycles. The Kier molecular flexibility index (Phi) is 1.01. The van der Waals surface area contributed by atoms with Crippen LogP contribution >= 0.6 is 0 Å². The molecule has 0 radical (unpaired) electrons. The Morgan fingerprint density at radius 1 is 1.40 bits per heavy atom. The predicted molar refractivity (Wildman–Crippen MR) is 35.0 cm³/mol. The van der Waals surface area contributed by atoms with Crippen LogP contribution in [0.2, 0.25) is 0 Å². The second kappa shape index (κ2) is 1.54. The summed E-state index contributed by atoms with van der Waals surface area (Å²) >= 11 is 0. The van der Waals surface area contributed by atoms with Crippen LogP contribution in [-0.2, 0) is 0 Å². The Balaban J connectivity index is 1.92. The number of alkyl halides is 2. The monoisotopic (exact) mass is 146 g/mol. The Bertz CT molecular complexity index is 157. The van der Waals surface area contributed by atoms with E-state index >= 15 is 0 Å². The molecule has 0 aromatic carbocycles. The fourth-order valence-corrected chi connectivity index (χ4v) is 2.16. The highest BCUT2D eigenvalue weighted by atomic mass is 19.3. The number of halogens is 2. The molecule has 0 nitrogen and oxygen atoms in total. The summed E-state index contributed by atoms with van der Waals surface area (Å²) in [6.07, 6.45) is 2.83. The highest BCUT2D eigenvalue weighted by Crippen LogP contribution is 2.73. The molecule has 0 aromatic rings. The molecule has 10 heavy (non-hydrogen) atoms. The lowest BCUT2D eigenvalue weighted by molar-refractivity contribution is 0.000978. The fraction of sp³-hybridized carbons (Fsp3) is 1.00. The highest BCUT2D eigenvalue weighted by molar-refractivity contribution is 5.16. The van der Waals surface area contributed by atoms with Crippen molar-refractivity contribution in [1.29, 1.82) is 0 Å². The second-order valence-electron chi connectivity index (χ2n) is 3.84. The van der Waals surface area contributed by atoms with Crippen molar-refractivity contribution in [2.45, 2.75) is 38.5 Å². The zero-order valence-corrected chi connectivity index (χ0v) is 6.16. The van der Waals surface area contributed by atoms with Gasteiger partial charge in [0.05, 0.1) is 0 Å². The SMILES string of the molecule is CCC1CC2(C1)CC2(F)F. The molecule has 58 valence electrons. The van der Waals surface area contributed by atoms with Crippen LogP contribution in [0.15, 0.2) is 0 Å². The Morgan fingerprint density at radius 2 is 1.90 bits per heavy atom. The lowest BCUT2D eigenvalue weighted by atomic mass is 9.70. The third kappa shape index (κ3) is 0.599. The van der Waals surface area contributed by atoms with Gasteiger partial charge in [0.1, 0.15) is 0 Å². The van der Waals surface area contributed by atoms with E-state index in [1.165, 1.54) is 0 Å². The van der Waals surface area contributed by atoms with Crippen LogP contribution in [0.5, 0.6) is 0 Å². The maximum absolute atomic E-state index is 12.5. The number of rotatable bonds is 1. The van der Waals surface area contributed by atoms with Crippen molar-refractivity contribution in [2.75, 3.05) is 0 Å². The van der Waals surface area contributed by atoms with E-state index in [0.717, 1.165) is 19.3 Å². The molecule has 2 aliphatic carbocycles. The number of hydrogen-bond acceptors (Lipinski definition) is 0. The molecule has 2 aliphatic rings. The summed E-state index contributed by atoms with van der Waals surface area (Å²) < 4.78 is 25.1. The lowest BCUT2D eigenvalue weighted by Gasteiger charge is -2.35. The molecule has 0 bridgehead atoms. The zero-order chi connectivity index (χ0) is 7.41. The van der Waals surface area contributed by atoms with Crippen molar-refractivity contribution < 1.29 is 8.78 Å². The zero-order valence-electron chi connectivity index (χ0n) is 6.16. The Hall–Kier alpha value is -0.140. The van der Waals surface area contributed by atoms with Gasteiger partial charge in [-0.15, -0.1) is 0 Å². The van der Waals surface area contributed by atoms with E-state index in [-0.39, 0.29) is 6.42 Å². The molecule has 0 atom stereocenters. The van der Waals surface area contributed by atoms with Crippen LogP contribution in [0.1, 0.15) is 32.6 Å². The molecule has 2 saturated carbocycles. The second-order valence-corrected chi connectivity index (χ2v) is 3.84. The van der Waals surface area contributed by atoms with Crippen LogP contribution < -0.4 is 0 Å². The van der Waals surface area contributed by atoms with E-state index in [0.29, 0.717) is 5.92 Å². The topological polar surface area (TPSA) is 0 Å². The van der Waals surface area contributed by atoms with E-state index in [2.05, 4.69) is 6.92 Å². The smallest absolute Gasteiger partial charge is 0.206 e. The quantitative estimate of drug-likeness (QED) is 0.533. The van der Waals surface area contributed by atoms with Gasteiger partial charge in [0.2, 0.25) is 0 Å². The summed E-state index contributed by atoms with van der Waals surface area (Å²) in [6, 6.07) is 0. The molecule has 0 aromatic heterocycles. The van der Waals surface area contributed by atoms with Crippen LogP contribution in [0, 0.1) is 11.3 Å². The first-order chi connectivity index (χ1) is 4.60. The van der Waals surface area contributed by atoms with Crippen molar-refractivity contribution in [1.82, 2.24) is 0 Å². The van der Waals surface area contributed by atoms with Gasteiger partial charge >= 0.3 is 0 Å². The van der Waals surface area contributed by atoms with E-state index in [4.69, 9.17) is 0 Å². The first-order valence-corrected chi connectivity index (χ1v) is 3.97. The molecule has 2 fully saturated rings. The molecule has 0 amide bonds. The van der Waals surface area contributed by atoms with Gasteiger partial charge in [-0.1, -0.05) is 13.3 Å². The molecular weight excluding hydrogens is 134 g/mol. The third-order valence-corrected chi connectivity index (χ3v) is 3.15. The van der Waals surface area contributed by atoms with Gasteiger partial charge in [0.25, 0.3) is 5.92 Å². The molecule has 0 unspecified atom stereocenters. The number of hydrogen-bond donors (Lipinski definition) is 0. The van der Waals surface area contributed by atoms with Crippen molar-refractivity contribution in [3.63, 3.8) is 0 Å². The average Bonchev–Trinajstić information content (AvgIpc) is 2.30. The van der Waals surface area contributed by atoms with Gasteiger partial charge in [-0.2, -0.15) is 0 Å². The van der Waals surface area contributed by atoms with Crippen LogP contribution in [-0.4, -0.2) is 5.92 Å². The van der Waals surface area contributed by atoms with Crippen LogP contribution in [0.3, 0.4) is 0 Å². The molecule has 2 rings (SSSR count). The molecular formula is C8H12F2. The lowest BCUT2D eigenvalue weighted by Crippen LogP contribution is -2.29. The minimum absolute atomic E-state index is 0.177. The normalized spacial score (nSPS) is 48.9. The van der Waals surface area contributed by atoms with E-state index < -0.39 is 11.3 Å². The summed E-state index contributed by atoms with van der Waals surface area (Å²) in [5.41, 5.74) is -0.492. The maximum atomic E-state index is 12.5. The molecule has 1 spiro atoms. The van der Waals surface area contributed by atoms with Gasteiger partial charge in [0.15, 0.2) is 0 Å². The van der Waals surface area contributed by atoms with E-state index in [1.807, 2.05) is 0 Å². The summed E-state index contributed by atoms with van der Waals surface area (Å²) in [5.74, 6) is -1.67. The van der Waals surface area contributed by atoms with Gasteiger partial charge in [-0.3, -0.25) is 0 Å². The largest absolute Gasteiger partial charge is 0.254 e. The Morgan fingerprint density at radius 3 is 2.20 bits per heavy atom. The molecule has 0 saturated heterocycles. The van der Waals surface area contributed by atoms with Gasteiger partial charge in [-0.25, -0.2) is 8.78 Å². The van der Waals surface area contributed by atoms with Crippen molar-refractivity contribution in [3.05, 3.63) is 0 Å². The first-order valence-electron chi connectivity index (χ1n) is 3.97. The third-order valence-electron chi connectivity index (χ3n) is 3.15. The van der Waals surface area contributed by atoms with Gasteiger partial charge < -0.3 is 0 Å². The van der Waals surface area contributed by atoms with Crippen molar-refractivity contribution in [2.24, 2.45) is 11.3 Å². The minimum Gasteiger partial charge on any atom is -0.206 e. The highest BCUT2D eigenvalue weighted by Gasteiger charge is 2.74. The van der Waals surface area contributed by atoms with Crippen molar-refractivity contribution >= 4 is 0 Å². The van der Waals surface area contributed by atoms with Crippen LogP contribution in [0.4, 0.5) is 8.78 Å². The Labute approximate surface area is 59.6 Å². The summed E-state index contributed by atoms with van der Waals surface area (Å²) in [6.45, 7) is 2.08. The minimum atomic E-state index is -2.28. The van der Waals surface area contributed by atoms with E-state index in [9.17, 15) is 8.78 Å². The molecule has 2 heteroatoms. The summed E-state index contributed by atoms with van der Waals surface area (Å²) in [4.78, 5) is 0. The molecule has 0 heterocycles. The van der Waals surface area contributed by atoms with Gasteiger partial charge in [-0.05, 0) is 18.8 Å². The van der Waals surface area contributed by atoms with E-state index in [1.54, 1.807) is 0 Å².